The van der Waals surface area contributed by atoms with E-state index in [4.69, 9.17) is 19.3 Å². The molecule has 0 saturated carbocycles. The smallest absolute Gasteiger partial charge is 0.303 e. The number of benzene rings is 2. The second-order valence-corrected chi connectivity index (χ2v) is 6.13. The number of aliphatic carboxylic acids is 1. The van der Waals surface area contributed by atoms with Gasteiger partial charge in [-0.05, 0) is 30.7 Å². The quantitative estimate of drug-likeness (QED) is 0.576. The Kier molecular flexibility index (Phi) is 8.14. The number of hydrogen-bond acceptors (Lipinski definition) is 5. The van der Waals surface area contributed by atoms with Crippen LogP contribution in [0.2, 0.25) is 0 Å². The van der Waals surface area contributed by atoms with Gasteiger partial charge < -0.3 is 24.6 Å². The van der Waals surface area contributed by atoms with Gasteiger partial charge in [-0.1, -0.05) is 24.3 Å². The van der Waals surface area contributed by atoms with E-state index in [0.717, 1.165) is 16.9 Å². The van der Waals surface area contributed by atoms with Crippen LogP contribution in [0.3, 0.4) is 0 Å². The van der Waals surface area contributed by atoms with Crippen LogP contribution in [-0.2, 0) is 16.1 Å². The highest BCUT2D eigenvalue weighted by atomic mass is 16.5. The molecular weight excluding hydrogens is 362 g/mol. The van der Waals surface area contributed by atoms with Crippen LogP contribution in [0.4, 0.5) is 0 Å². The number of carbonyl (C=O) groups excluding carboxylic acids is 1. The number of carboxylic acid groups (broad SMARTS) is 1. The van der Waals surface area contributed by atoms with Crippen LogP contribution < -0.4 is 19.5 Å². The van der Waals surface area contributed by atoms with E-state index >= 15 is 0 Å². The minimum Gasteiger partial charge on any atom is -0.493 e. The van der Waals surface area contributed by atoms with Crippen LogP contribution in [0.15, 0.2) is 42.5 Å². The molecule has 0 fully saturated rings. The standard InChI is InChI=1S/C21H25NO6/c1-15-5-3-7-17(13-15)27-11-12-28-21-16(6-4-8-18(21)26-2)14-22-19(23)9-10-20(24)25/h3-8,13H,9-12,14H2,1-2H3,(H,22,23)(H,24,25). The van der Waals surface area contributed by atoms with E-state index in [1.54, 1.807) is 19.2 Å². The van der Waals surface area contributed by atoms with E-state index in [-0.39, 0.29) is 25.3 Å². The van der Waals surface area contributed by atoms with Crippen molar-refractivity contribution < 1.29 is 28.9 Å². The first kappa shape index (κ1) is 21.1. The summed E-state index contributed by atoms with van der Waals surface area (Å²) in [5.41, 5.74) is 1.85. The summed E-state index contributed by atoms with van der Waals surface area (Å²) in [6.45, 7) is 2.86. The molecule has 0 aliphatic rings. The lowest BCUT2D eigenvalue weighted by Crippen LogP contribution is -2.23. The maximum atomic E-state index is 11.8. The van der Waals surface area contributed by atoms with Gasteiger partial charge in [0.15, 0.2) is 11.5 Å². The Labute approximate surface area is 164 Å². The zero-order chi connectivity index (χ0) is 20.4. The van der Waals surface area contributed by atoms with Crippen molar-refractivity contribution in [2.75, 3.05) is 20.3 Å². The number of hydrogen-bond donors (Lipinski definition) is 2. The fourth-order valence-electron chi connectivity index (χ4n) is 2.54. The molecule has 150 valence electrons. The number of methoxy groups -OCH3 is 1. The van der Waals surface area contributed by atoms with Gasteiger partial charge in [-0.3, -0.25) is 9.59 Å². The van der Waals surface area contributed by atoms with Gasteiger partial charge in [-0.25, -0.2) is 0 Å². The highest BCUT2D eigenvalue weighted by molar-refractivity contribution is 5.80. The largest absolute Gasteiger partial charge is 0.493 e. The van der Waals surface area contributed by atoms with Crippen molar-refractivity contribution in [2.45, 2.75) is 26.3 Å². The summed E-state index contributed by atoms with van der Waals surface area (Å²) >= 11 is 0. The molecule has 0 aliphatic carbocycles. The normalized spacial score (nSPS) is 10.2. The summed E-state index contributed by atoms with van der Waals surface area (Å²) in [5.74, 6) is 0.506. The molecule has 0 atom stereocenters. The van der Waals surface area contributed by atoms with Gasteiger partial charge in [0.25, 0.3) is 0 Å². The molecule has 2 rings (SSSR count). The molecule has 28 heavy (non-hydrogen) atoms. The monoisotopic (exact) mass is 387 g/mol. The molecule has 0 heterocycles. The minimum absolute atomic E-state index is 0.0696. The van der Waals surface area contributed by atoms with Gasteiger partial charge in [0, 0.05) is 18.5 Å². The molecule has 7 heteroatoms. The number of rotatable bonds is 11. The number of amides is 1. The third-order valence-electron chi connectivity index (χ3n) is 3.91. The lowest BCUT2D eigenvalue weighted by atomic mass is 10.1. The predicted octanol–water partition coefficient (Wildman–Crippen LogP) is 2.94. The summed E-state index contributed by atoms with van der Waals surface area (Å²) in [7, 11) is 1.54. The van der Waals surface area contributed by atoms with Crippen molar-refractivity contribution in [3.05, 3.63) is 53.6 Å². The van der Waals surface area contributed by atoms with E-state index in [0.29, 0.717) is 24.7 Å². The topological polar surface area (TPSA) is 94.1 Å². The van der Waals surface area contributed by atoms with Crippen molar-refractivity contribution in [3.63, 3.8) is 0 Å². The molecule has 0 radical (unpaired) electrons. The van der Waals surface area contributed by atoms with Crippen molar-refractivity contribution in [1.82, 2.24) is 5.32 Å². The third kappa shape index (κ3) is 6.83. The molecule has 1 amide bonds. The Bertz CT molecular complexity index is 805. The summed E-state index contributed by atoms with van der Waals surface area (Å²) in [4.78, 5) is 22.3. The average Bonchev–Trinajstić information content (AvgIpc) is 2.68. The number of nitrogens with one attached hydrogen (secondary N) is 1. The number of para-hydroxylation sites is 1. The fourth-order valence-corrected chi connectivity index (χ4v) is 2.54. The van der Waals surface area contributed by atoms with Crippen molar-refractivity contribution in [2.24, 2.45) is 0 Å². The zero-order valence-electron chi connectivity index (χ0n) is 16.1. The molecule has 2 aromatic rings. The molecule has 0 bridgehead atoms. The first-order valence-corrected chi connectivity index (χ1v) is 8.96. The number of ether oxygens (including phenoxy) is 3. The van der Waals surface area contributed by atoms with E-state index in [1.165, 1.54) is 0 Å². The maximum Gasteiger partial charge on any atom is 0.303 e. The maximum absolute atomic E-state index is 11.8. The number of carboxylic acids is 1. The van der Waals surface area contributed by atoms with E-state index in [2.05, 4.69) is 5.32 Å². The zero-order valence-corrected chi connectivity index (χ0v) is 16.1. The van der Waals surface area contributed by atoms with Crippen molar-refractivity contribution in [3.8, 4) is 17.2 Å². The summed E-state index contributed by atoms with van der Waals surface area (Å²) in [5, 5.41) is 11.3. The average molecular weight is 387 g/mol. The minimum atomic E-state index is -1.01. The first-order chi connectivity index (χ1) is 13.5. The third-order valence-corrected chi connectivity index (χ3v) is 3.91. The molecule has 2 N–H and O–H groups in total. The van der Waals surface area contributed by atoms with Gasteiger partial charge in [-0.2, -0.15) is 0 Å². The lowest BCUT2D eigenvalue weighted by molar-refractivity contribution is -0.138. The van der Waals surface area contributed by atoms with E-state index in [1.807, 2.05) is 37.3 Å². The van der Waals surface area contributed by atoms with Crippen LogP contribution >= 0.6 is 0 Å². The van der Waals surface area contributed by atoms with Crippen LogP contribution in [-0.4, -0.2) is 37.3 Å². The van der Waals surface area contributed by atoms with E-state index < -0.39 is 5.97 Å². The molecule has 0 saturated heterocycles. The van der Waals surface area contributed by atoms with E-state index in [9.17, 15) is 9.59 Å². The SMILES string of the molecule is COc1cccc(CNC(=O)CCC(=O)O)c1OCCOc1cccc(C)c1. The number of aryl methyl sites for hydroxylation is 1. The second kappa shape index (κ2) is 10.8. The Morgan fingerprint density at radius 3 is 2.50 bits per heavy atom. The van der Waals surface area contributed by atoms with Crippen LogP contribution in [0.1, 0.15) is 24.0 Å². The van der Waals surface area contributed by atoms with Gasteiger partial charge in [0.1, 0.15) is 19.0 Å². The Hall–Kier alpha value is -3.22. The van der Waals surface area contributed by atoms with Crippen LogP contribution in [0.5, 0.6) is 17.2 Å². The summed E-state index contributed by atoms with van der Waals surface area (Å²) < 4.78 is 16.9. The highest BCUT2D eigenvalue weighted by Crippen LogP contribution is 2.31. The van der Waals surface area contributed by atoms with Crippen LogP contribution in [0.25, 0.3) is 0 Å². The molecule has 2 aromatic carbocycles. The molecular formula is C21H25NO6. The summed E-state index contributed by atoms with van der Waals surface area (Å²) in [6, 6.07) is 13.1. The fraction of sp³-hybridized carbons (Fsp3) is 0.333. The summed E-state index contributed by atoms with van der Waals surface area (Å²) in [6.07, 6.45) is -0.274. The number of carbonyl (C=O) groups is 2. The van der Waals surface area contributed by atoms with Crippen molar-refractivity contribution in [1.29, 1.82) is 0 Å². The molecule has 0 spiro atoms. The van der Waals surface area contributed by atoms with Gasteiger partial charge >= 0.3 is 5.97 Å². The molecule has 0 unspecified atom stereocenters. The molecule has 7 nitrogen and oxygen atoms in total. The van der Waals surface area contributed by atoms with Gasteiger partial charge in [0.2, 0.25) is 5.91 Å². The predicted molar refractivity (Wildman–Crippen MR) is 104 cm³/mol. The lowest BCUT2D eigenvalue weighted by Gasteiger charge is -2.16. The van der Waals surface area contributed by atoms with Gasteiger partial charge in [0.05, 0.1) is 13.5 Å². The highest BCUT2D eigenvalue weighted by Gasteiger charge is 2.12. The Balaban J connectivity index is 1.92. The Morgan fingerprint density at radius 1 is 1.04 bits per heavy atom. The Morgan fingerprint density at radius 2 is 1.79 bits per heavy atom. The van der Waals surface area contributed by atoms with Crippen molar-refractivity contribution >= 4 is 11.9 Å². The second-order valence-electron chi connectivity index (χ2n) is 6.13. The molecule has 0 aliphatic heterocycles. The van der Waals surface area contributed by atoms with Gasteiger partial charge in [-0.15, -0.1) is 0 Å². The molecule has 0 aromatic heterocycles. The first-order valence-electron chi connectivity index (χ1n) is 8.96. The van der Waals surface area contributed by atoms with Crippen LogP contribution in [0, 0.1) is 6.92 Å².